The Hall–Kier alpha value is -3.42. The lowest BCUT2D eigenvalue weighted by Crippen LogP contribution is -2.57. The normalized spacial score (nSPS) is 17.7. The molecule has 1 fully saturated rings. The predicted molar refractivity (Wildman–Crippen MR) is 130 cm³/mol. The lowest BCUT2D eigenvalue weighted by Gasteiger charge is -2.30. The molecule has 10 N–H and O–H groups in total. The Morgan fingerprint density at radius 3 is 2.28 bits per heavy atom. The van der Waals surface area contributed by atoms with Gasteiger partial charge in [0.1, 0.15) is 18.1 Å². The molecule has 204 valence electrons. The second-order valence-corrected chi connectivity index (χ2v) is 9.27. The summed E-state index contributed by atoms with van der Waals surface area (Å²) in [7, 11) is 0. The highest BCUT2D eigenvalue weighted by Gasteiger charge is 2.39. The van der Waals surface area contributed by atoms with E-state index in [2.05, 4.69) is 15.6 Å². The van der Waals surface area contributed by atoms with Gasteiger partial charge in [0.2, 0.25) is 17.7 Å². The van der Waals surface area contributed by atoms with E-state index < -0.39 is 60.2 Å². The third-order valence-corrected chi connectivity index (χ3v) is 5.73. The maximum absolute atomic E-state index is 13.3. The molecule has 14 heteroatoms. The van der Waals surface area contributed by atoms with Gasteiger partial charge in [0, 0.05) is 19.5 Å². The van der Waals surface area contributed by atoms with E-state index in [1.165, 1.54) is 4.90 Å². The van der Waals surface area contributed by atoms with E-state index in [-0.39, 0.29) is 44.2 Å². The van der Waals surface area contributed by atoms with Crippen LogP contribution in [0, 0.1) is 5.92 Å². The molecule has 0 aromatic carbocycles. The Balaban J connectivity index is 2.91. The number of likely N-dealkylation sites (tertiary alicyclic amines) is 1. The van der Waals surface area contributed by atoms with Gasteiger partial charge in [-0.15, -0.1) is 0 Å². The van der Waals surface area contributed by atoms with Crippen LogP contribution in [0.4, 0.5) is 0 Å². The number of amides is 3. The van der Waals surface area contributed by atoms with Crippen molar-refractivity contribution in [2.45, 2.75) is 83.0 Å². The number of carbonyl (C=O) groups excluding carboxylic acids is 3. The van der Waals surface area contributed by atoms with Crippen molar-refractivity contribution in [1.29, 1.82) is 0 Å². The fourth-order valence-corrected chi connectivity index (χ4v) is 3.92. The summed E-state index contributed by atoms with van der Waals surface area (Å²) in [5.74, 6) is -4.26. The predicted octanol–water partition coefficient (Wildman–Crippen LogP) is -1.68. The summed E-state index contributed by atoms with van der Waals surface area (Å²) >= 11 is 0. The summed E-state index contributed by atoms with van der Waals surface area (Å²) in [4.78, 5) is 66.5. The molecule has 0 aromatic heterocycles. The zero-order chi connectivity index (χ0) is 27.4. The van der Waals surface area contributed by atoms with Crippen molar-refractivity contribution in [2.24, 2.45) is 28.1 Å². The van der Waals surface area contributed by atoms with E-state index in [0.717, 1.165) is 0 Å². The monoisotopic (exact) mass is 513 g/mol. The van der Waals surface area contributed by atoms with E-state index in [0.29, 0.717) is 19.3 Å². The first-order chi connectivity index (χ1) is 16.8. The van der Waals surface area contributed by atoms with Gasteiger partial charge in [-0.25, -0.2) is 4.79 Å². The Morgan fingerprint density at radius 1 is 1.06 bits per heavy atom. The molecule has 1 aliphatic heterocycles. The number of hydrogen-bond donors (Lipinski definition) is 7. The standard InChI is InChI=1S/C22H39N7O7/c1-12(2)11-15(21(35)36)28-19(33)16-6-4-10-29(16)20(34)14(7-8-17(30)31)27-18(32)13(23)5-3-9-26-22(24)25/h12-16H,3-11,23H2,1-2H3,(H,27,32)(H,28,33)(H,30,31)(H,35,36)(H4,24,25,26). The quantitative estimate of drug-likeness (QED) is 0.0744. The van der Waals surface area contributed by atoms with Crippen molar-refractivity contribution < 1.29 is 34.2 Å². The molecule has 0 aromatic rings. The number of aliphatic carboxylic acids is 2. The van der Waals surface area contributed by atoms with Crippen LogP contribution >= 0.6 is 0 Å². The molecule has 4 atom stereocenters. The largest absolute Gasteiger partial charge is 0.481 e. The third-order valence-electron chi connectivity index (χ3n) is 5.73. The molecule has 0 radical (unpaired) electrons. The molecule has 3 amide bonds. The summed E-state index contributed by atoms with van der Waals surface area (Å²) in [6.07, 6.45) is 1.08. The first-order valence-electron chi connectivity index (χ1n) is 12.0. The molecule has 1 saturated heterocycles. The van der Waals surface area contributed by atoms with Gasteiger partial charge < -0.3 is 42.9 Å². The van der Waals surface area contributed by atoms with E-state index >= 15 is 0 Å². The maximum atomic E-state index is 13.3. The highest BCUT2D eigenvalue weighted by molar-refractivity contribution is 5.94. The van der Waals surface area contributed by atoms with Crippen LogP contribution in [0.5, 0.6) is 0 Å². The first-order valence-corrected chi connectivity index (χ1v) is 12.0. The van der Waals surface area contributed by atoms with Crippen molar-refractivity contribution in [1.82, 2.24) is 15.5 Å². The van der Waals surface area contributed by atoms with Crippen molar-refractivity contribution in [3.05, 3.63) is 0 Å². The number of carbonyl (C=O) groups is 5. The fraction of sp³-hybridized carbons (Fsp3) is 0.727. The Bertz CT molecular complexity index is 830. The Kier molecular flexibility index (Phi) is 12.6. The Labute approximate surface area is 210 Å². The molecular weight excluding hydrogens is 474 g/mol. The minimum absolute atomic E-state index is 0.0204. The molecule has 0 spiro atoms. The first kappa shape index (κ1) is 30.6. The van der Waals surface area contributed by atoms with Crippen molar-refractivity contribution in [3.63, 3.8) is 0 Å². The van der Waals surface area contributed by atoms with Crippen LogP contribution in [0.25, 0.3) is 0 Å². The molecule has 4 unspecified atom stereocenters. The van der Waals surface area contributed by atoms with Crippen LogP contribution in [0.3, 0.4) is 0 Å². The van der Waals surface area contributed by atoms with E-state index in [1.54, 1.807) is 0 Å². The number of nitrogens with zero attached hydrogens (tertiary/aromatic N) is 2. The second kappa shape index (κ2) is 14.9. The van der Waals surface area contributed by atoms with Crippen molar-refractivity contribution in [2.75, 3.05) is 13.1 Å². The number of carboxylic acid groups (broad SMARTS) is 2. The summed E-state index contributed by atoms with van der Waals surface area (Å²) in [6, 6.07) is -4.22. The summed E-state index contributed by atoms with van der Waals surface area (Å²) in [5.41, 5.74) is 16.4. The fourth-order valence-electron chi connectivity index (χ4n) is 3.92. The van der Waals surface area contributed by atoms with Crippen LogP contribution in [0.15, 0.2) is 4.99 Å². The number of aliphatic imine (C=N–C) groups is 1. The summed E-state index contributed by atoms with van der Waals surface area (Å²) in [5, 5.41) is 23.5. The van der Waals surface area contributed by atoms with Gasteiger partial charge in [0.05, 0.1) is 6.04 Å². The highest BCUT2D eigenvalue weighted by atomic mass is 16.4. The number of rotatable bonds is 15. The smallest absolute Gasteiger partial charge is 0.326 e. The number of hydrogen-bond acceptors (Lipinski definition) is 7. The van der Waals surface area contributed by atoms with Crippen LogP contribution in [-0.2, 0) is 24.0 Å². The van der Waals surface area contributed by atoms with E-state index in [9.17, 15) is 29.1 Å². The molecule has 0 aliphatic carbocycles. The molecule has 1 heterocycles. The minimum Gasteiger partial charge on any atom is -0.481 e. The molecule has 1 rings (SSSR count). The zero-order valence-corrected chi connectivity index (χ0v) is 20.8. The molecule has 0 bridgehead atoms. The Morgan fingerprint density at radius 2 is 1.72 bits per heavy atom. The average molecular weight is 514 g/mol. The number of nitrogens with two attached hydrogens (primary N) is 3. The minimum atomic E-state index is -1.21. The van der Waals surface area contributed by atoms with Gasteiger partial charge in [-0.3, -0.25) is 24.2 Å². The van der Waals surface area contributed by atoms with Crippen molar-refractivity contribution in [3.8, 4) is 0 Å². The average Bonchev–Trinajstić information content (AvgIpc) is 3.27. The van der Waals surface area contributed by atoms with Gasteiger partial charge in [-0.2, -0.15) is 0 Å². The van der Waals surface area contributed by atoms with Crippen LogP contribution in [0.2, 0.25) is 0 Å². The molecule has 14 nitrogen and oxygen atoms in total. The maximum Gasteiger partial charge on any atom is 0.326 e. The lowest BCUT2D eigenvalue weighted by molar-refractivity contribution is -0.145. The van der Waals surface area contributed by atoms with Crippen LogP contribution in [-0.4, -0.2) is 88.0 Å². The lowest BCUT2D eigenvalue weighted by atomic mass is 10.0. The van der Waals surface area contributed by atoms with Gasteiger partial charge >= 0.3 is 11.9 Å². The number of carboxylic acids is 2. The van der Waals surface area contributed by atoms with Crippen LogP contribution < -0.4 is 27.8 Å². The number of nitrogens with one attached hydrogen (secondary N) is 2. The summed E-state index contributed by atoms with van der Waals surface area (Å²) < 4.78 is 0. The van der Waals surface area contributed by atoms with Gasteiger partial charge in [-0.05, 0) is 44.4 Å². The molecule has 0 saturated carbocycles. The van der Waals surface area contributed by atoms with Gasteiger partial charge in [0.15, 0.2) is 5.96 Å². The van der Waals surface area contributed by atoms with Gasteiger partial charge in [0.25, 0.3) is 0 Å². The van der Waals surface area contributed by atoms with E-state index in [1.807, 2.05) is 13.8 Å². The summed E-state index contributed by atoms with van der Waals surface area (Å²) in [6.45, 7) is 4.13. The number of guanidine groups is 1. The topological polar surface area (TPSA) is 244 Å². The molecular formula is C22H39N7O7. The zero-order valence-electron chi connectivity index (χ0n) is 20.8. The van der Waals surface area contributed by atoms with Crippen LogP contribution in [0.1, 0.15) is 58.8 Å². The molecule has 36 heavy (non-hydrogen) atoms. The van der Waals surface area contributed by atoms with Crippen molar-refractivity contribution >= 4 is 35.6 Å². The second-order valence-electron chi connectivity index (χ2n) is 9.27. The van der Waals surface area contributed by atoms with Gasteiger partial charge in [-0.1, -0.05) is 13.8 Å². The SMILES string of the molecule is CC(C)CC(NC(=O)C1CCCN1C(=O)C(CCC(=O)O)NC(=O)C(N)CCCN=C(N)N)C(=O)O. The van der Waals surface area contributed by atoms with E-state index in [4.69, 9.17) is 22.3 Å². The third kappa shape index (κ3) is 10.5. The molecule has 1 aliphatic rings. The highest BCUT2D eigenvalue weighted by Crippen LogP contribution is 2.20.